The van der Waals surface area contributed by atoms with Gasteiger partial charge in [-0.25, -0.2) is 0 Å². The molecule has 1 unspecified atom stereocenters. The van der Waals surface area contributed by atoms with E-state index in [9.17, 15) is 9.59 Å². The van der Waals surface area contributed by atoms with Crippen molar-refractivity contribution in [1.82, 2.24) is 10.6 Å². The summed E-state index contributed by atoms with van der Waals surface area (Å²) < 4.78 is 0. The minimum absolute atomic E-state index is 0.111. The Morgan fingerprint density at radius 1 is 1.17 bits per heavy atom. The number of hydrogen-bond donors (Lipinski definition) is 2. The second-order valence-corrected chi connectivity index (χ2v) is 9.00. The normalized spacial score (nSPS) is 39.0. The van der Waals surface area contributed by atoms with E-state index < -0.39 is 6.04 Å². The van der Waals surface area contributed by atoms with Crippen LogP contribution < -0.4 is 10.6 Å². The summed E-state index contributed by atoms with van der Waals surface area (Å²) in [6, 6.07) is -0.501. The van der Waals surface area contributed by atoms with Crippen molar-refractivity contribution in [2.45, 2.75) is 51.5 Å². The van der Waals surface area contributed by atoms with Gasteiger partial charge in [0.15, 0.2) is 5.17 Å². The lowest BCUT2D eigenvalue weighted by Crippen LogP contribution is -2.56. The summed E-state index contributed by atoms with van der Waals surface area (Å²) in [5.74, 6) is 3.08. The molecule has 5 nitrogen and oxygen atoms in total. The molecule has 0 spiro atoms. The maximum Gasteiger partial charge on any atom is 0.248 e. The lowest BCUT2D eigenvalue weighted by molar-refractivity contribution is -0.148. The van der Waals surface area contributed by atoms with Crippen molar-refractivity contribution >= 4 is 28.7 Å². The van der Waals surface area contributed by atoms with Gasteiger partial charge in [-0.05, 0) is 63.2 Å². The quantitative estimate of drug-likeness (QED) is 0.828. The zero-order valence-electron chi connectivity index (χ0n) is 13.6. The number of aliphatic imine (C=N–C) groups is 1. The summed E-state index contributed by atoms with van der Waals surface area (Å²) in [5.41, 5.74) is -0.192. The van der Waals surface area contributed by atoms with Crippen LogP contribution in [0.4, 0.5) is 0 Å². The van der Waals surface area contributed by atoms with Crippen molar-refractivity contribution in [3.05, 3.63) is 0 Å². The van der Waals surface area contributed by atoms with E-state index in [-0.39, 0.29) is 17.2 Å². The summed E-state index contributed by atoms with van der Waals surface area (Å²) in [5, 5.41) is 6.50. The average Bonchev–Trinajstić information content (AvgIpc) is 2.98. The van der Waals surface area contributed by atoms with Crippen LogP contribution in [-0.4, -0.2) is 35.3 Å². The third kappa shape index (κ3) is 2.90. The van der Waals surface area contributed by atoms with E-state index in [2.05, 4.69) is 15.6 Å². The summed E-state index contributed by atoms with van der Waals surface area (Å²) >= 11 is 1.56. The van der Waals surface area contributed by atoms with Crippen LogP contribution in [0.3, 0.4) is 0 Å². The lowest BCUT2D eigenvalue weighted by atomic mass is 9.49. The number of amidine groups is 1. The molecule has 0 aromatic carbocycles. The number of hydrogen-bond acceptors (Lipinski definition) is 4. The molecule has 5 rings (SSSR count). The van der Waals surface area contributed by atoms with Crippen molar-refractivity contribution < 1.29 is 9.59 Å². The summed E-state index contributed by atoms with van der Waals surface area (Å²) in [7, 11) is 0. The number of thioether (sulfide) groups is 1. The SMILES string of the molecule is CC(NC(=O)C12CC3CC(CC(C3)C1)C2)C(=O)NC1=NCCS1. The predicted molar refractivity (Wildman–Crippen MR) is 91.1 cm³/mol. The van der Waals surface area contributed by atoms with Gasteiger partial charge in [0.25, 0.3) is 0 Å². The van der Waals surface area contributed by atoms with Gasteiger partial charge in [-0.2, -0.15) is 0 Å². The Morgan fingerprint density at radius 3 is 2.30 bits per heavy atom. The van der Waals surface area contributed by atoms with Crippen molar-refractivity contribution in [3.8, 4) is 0 Å². The Bertz CT molecular complexity index is 525. The smallest absolute Gasteiger partial charge is 0.248 e. The predicted octanol–water partition coefficient (Wildman–Crippen LogP) is 1.93. The van der Waals surface area contributed by atoms with E-state index in [4.69, 9.17) is 0 Å². The van der Waals surface area contributed by atoms with E-state index in [1.54, 1.807) is 18.7 Å². The highest BCUT2D eigenvalue weighted by Crippen LogP contribution is 2.60. The molecule has 4 fully saturated rings. The third-order valence-corrected chi connectivity index (χ3v) is 6.97. The zero-order chi connectivity index (χ0) is 16.0. The summed E-state index contributed by atoms with van der Waals surface area (Å²) in [6.45, 7) is 2.53. The molecule has 23 heavy (non-hydrogen) atoms. The Labute approximate surface area is 141 Å². The van der Waals surface area contributed by atoms with E-state index in [0.717, 1.165) is 49.3 Å². The minimum atomic E-state index is -0.501. The van der Waals surface area contributed by atoms with Crippen LogP contribution in [0.25, 0.3) is 0 Å². The van der Waals surface area contributed by atoms with Crippen molar-refractivity contribution in [3.63, 3.8) is 0 Å². The summed E-state index contributed by atoms with van der Waals surface area (Å²) in [6.07, 6.45) is 7.05. The molecule has 1 atom stereocenters. The number of rotatable bonds is 3. The molecule has 126 valence electrons. The molecule has 4 bridgehead atoms. The zero-order valence-corrected chi connectivity index (χ0v) is 14.5. The number of nitrogens with one attached hydrogen (secondary N) is 2. The van der Waals surface area contributed by atoms with Gasteiger partial charge < -0.3 is 10.6 Å². The number of amides is 2. The van der Waals surface area contributed by atoms with Gasteiger partial charge in [0.1, 0.15) is 6.04 Å². The van der Waals surface area contributed by atoms with E-state index in [1.165, 1.54) is 19.3 Å². The Balaban J connectivity index is 1.38. The van der Waals surface area contributed by atoms with Crippen LogP contribution >= 0.6 is 11.8 Å². The molecule has 5 aliphatic rings. The molecule has 4 saturated carbocycles. The van der Waals surface area contributed by atoms with Gasteiger partial charge in [0.2, 0.25) is 11.8 Å². The average molecular weight is 335 g/mol. The first-order valence-electron chi connectivity index (χ1n) is 8.83. The van der Waals surface area contributed by atoms with Crippen LogP contribution in [0.5, 0.6) is 0 Å². The first-order chi connectivity index (χ1) is 11.0. The molecule has 0 aromatic rings. The van der Waals surface area contributed by atoms with Gasteiger partial charge in [-0.15, -0.1) is 0 Å². The third-order valence-electron chi connectivity index (χ3n) is 6.08. The highest BCUT2D eigenvalue weighted by Gasteiger charge is 2.54. The molecule has 6 heteroatoms. The molecule has 1 heterocycles. The standard InChI is InChI=1S/C17H25N3O2S/c1-10(14(21)20-16-18-2-3-23-16)19-15(22)17-7-11-4-12(8-17)6-13(5-11)9-17/h10-13H,2-9H2,1H3,(H,19,22)(H,18,20,21). The Hall–Kier alpha value is -1.04. The van der Waals surface area contributed by atoms with Crippen molar-refractivity contribution in [2.24, 2.45) is 28.2 Å². The van der Waals surface area contributed by atoms with E-state index in [1.807, 2.05) is 0 Å². The van der Waals surface area contributed by atoms with Gasteiger partial charge >= 0.3 is 0 Å². The molecule has 1 aliphatic heterocycles. The van der Waals surface area contributed by atoms with Gasteiger partial charge in [-0.1, -0.05) is 11.8 Å². The second-order valence-electron chi connectivity index (χ2n) is 7.92. The number of carbonyl (C=O) groups is 2. The molecule has 0 aromatic heterocycles. The molecule has 2 N–H and O–H groups in total. The minimum Gasteiger partial charge on any atom is -0.344 e. The topological polar surface area (TPSA) is 70.6 Å². The largest absolute Gasteiger partial charge is 0.344 e. The van der Waals surface area contributed by atoms with Crippen molar-refractivity contribution in [1.29, 1.82) is 0 Å². The molecular weight excluding hydrogens is 310 g/mol. The van der Waals surface area contributed by atoms with Crippen LogP contribution in [0, 0.1) is 23.2 Å². The maximum absolute atomic E-state index is 12.9. The highest BCUT2D eigenvalue weighted by atomic mass is 32.2. The van der Waals surface area contributed by atoms with E-state index in [0.29, 0.717) is 5.17 Å². The van der Waals surface area contributed by atoms with Crippen LogP contribution in [-0.2, 0) is 9.59 Å². The number of nitrogens with zero attached hydrogens (tertiary/aromatic N) is 1. The van der Waals surface area contributed by atoms with Crippen LogP contribution in [0.2, 0.25) is 0 Å². The van der Waals surface area contributed by atoms with Gasteiger partial charge in [0, 0.05) is 11.2 Å². The number of carbonyl (C=O) groups excluding carboxylic acids is 2. The fourth-order valence-electron chi connectivity index (χ4n) is 5.43. The molecule has 0 radical (unpaired) electrons. The summed E-state index contributed by atoms with van der Waals surface area (Å²) in [4.78, 5) is 29.4. The van der Waals surface area contributed by atoms with Gasteiger partial charge in [-0.3, -0.25) is 14.6 Å². The van der Waals surface area contributed by atoms with Crippen molar-refractivity contribution in [2.75, 3.05) is 12.3 Å². The van der Waals surface area contributed by atoms with E-state index >= 15 is 0 Å². The van der Waals surface area contributed by atoms with Gasteiger partial charge in [0.05, 0.1) is 6.54 Å². The highest BCUT2D eigenvalue weighted by molar-refractivity contribution is 8.14. The van der Waals surface area contributed by atoms with Crippen LogP contribution in [0.1, 0.15) is 45.4 Å². The second kappa shape index (κ2) is 5.80. The first kappa shape index (κ1) is 15.5. The maximum atomic E-state index is 12.9. The molecule has 4 aliphatic carbocycles. The molecule has 0 saturated heterocycles. The lowest BCUT2D eigenvalue weighted by Gasteiger charge is -2.55. The fourth-order valence-corrected chi connectivity index (χ4v) is 6.16. The molecular formula is C17H25N3O2S. The Kier molecular flexibility index (Phi) is 3.90. The monoisotopic (exact) mass is 335 g/mol. The van der Waals surface area contributed by atoms with Crippen LogP contribution in [0.15, 0.2) is 4.99 Å². The fraction of sp³-hybridized carbons (Fsp3) is 0.824. The first-order valence-corrected chi connectivity index (χ1v) is 9.82. The molecule has 2 amide bonds. The Morgan fingerprint density at radius 2 is 1.78 bits per heavy atom.